The number of hydrogen-bond donors (Lipinski definition) is 0. The normalized spacial score (nSPS) is 16.8. The number of nitriles is 1. The highest BCUT2D eigenvalue weighted by Crippen LogP contribution is 2.24. The zero-order chi connectivity index (χ0) is 16.2. The van der Waals surface area contributed by atoms with E-state index >= 15 is 0 Å². The predicted molar refractivity (Wildman–Crippen MR) is 90.4 cm³/mol. The molecule has 1 aromatic carbocycles. The van der Waals surface area contributed by atoms with Crippen LogP contribution in [0.25, 0.3) is 0 Å². The molecule has 1 saturated heterocycles. The van der Waals surface area contributed by atoms with E-state index in [1.165, 1.54) is 5.56 Å². The van der Waals surface area contributed by atoms with Gasteiger partial charge in [-0.3, -0.25) is 4.90 Å². The van der Waals surface area contributed by atoms with Crippen molar-refractivity contribution in [3.8, 4) is 6.07 Å². The Kier molecular flexibility index (Phi) is 4.75. The van der Waals surface area contributed by atoms with Gasteiger partial charge in [0.05, 0.1) is 0 Å². The van der Waals surface area contributed by atoms with Crippen LogP contribution in [0.15, 0.2) is 36.7 Å². The van der Waals surface area contributed by atoms with Crippen LogP contribution in [0.3, 0.4) is 0 Å². The zero-order valence-electron chi connectivity index (χ0n) is 13.0. The molecule has 0 radical (unpaired) electrons. The molecular formula is C17H18ClN5. The second-order valence-corrected chi connectivity index (χ2v) is 6.03. The number of rotatable bonds is 3. The third-order valence-electron chi connectivity index (χ3n) is 4.30. The predicted octanol–water partition coefficient (Wildman–Crippen LogP) is 2.88. The highest BCUT2D eigenvalue weighted by Gasteiger charge is 2.24. The second kappa shape index (κ2) is 6.95. The van der Waals surface area contributed by atoms with Crippen LogP contribution >= 0.6 is 11.6 Å². The summed E-state index contributed by atoms with van der Waals surface area (Å²) in [5.74, 6) is 0.689. The smallest absolute Gasteiger partial charge is 0.183 e. The fraction of sp³-hybridized carbons (Fsp3) is 0.353. The molecule has 2 aromatic rings. The summed E-state index contributed by atoms with van der Waals surface area (Å²) in [4.78, 5) is 13.0. The maximum atomic E-state index is 9.16. The molecule has 2 heterocycles. The summed E-state index contributed by atoms with van der Waals surface area (Å²) in [6.07, 6.45) is 3.19. The molecule has 118 valence electrons. The summed E-state index contributed by atoms with van der Waals surface area (Å²) in [5, 5.41) is 9.92. The molecule has 0 bridgehead atoms. The lowest BCUT2D eigenvalue weighted by Gasteiger charge is -2.38. The first kappa shape index (κ1) is 15.7. The fourth-order valence-electron chi connectivity index (χ4n) is 2.91. The lowest BCUT2D eigenvalue weighted by Crippen LogP contribution is -2.47. The second-order valence-electron chi connectivity index (χ2n) is 5.59. The van der Waals surface area contributed by atoms with Crippen molar-refractivity contribution in [3.05, 3.63) is 52.9 Å². The molecule has 0 amide bonds. The van der Waals surface area contributed by atoms with Crippen molar-refractivity contribution in [1.82, 2.24) is 14.9 Å². The Bertz CT molecular complexity index is 702. The van der Waals surface area contributed by atoms with Gasteiger partial charge in [0.1, 0.15) is 6.07 Å². The number of aromatic nitrogens is 2. The number of benzene rings is 1. The molecule has 23 heavy (non-hydrogen) atoms. The van der Waals surface area contributed by atoms with Crippen molar-refractivity contribution in [2.24, 2.45) is 0 Å². The highest BCUT2D eigenvalue weighted by atomic mass is 35.5. The fourth-order valence-corrected chi connectivity index (χ4v) is 3.04. The van der Waals surface area contributed by atoms with E-state index in [-0.39, 0.29) is 0 Å². The first-order valence-corrected chi connectivity index (χ1v) is 8.02. The third kappa shape index (κ3) is 3.44. The van der Waals surface area contributed by atoms with Crippen LogP contribution in [0.4, 0.5) is 5.82 Å². The first-order valence-electron chi connectivity index (χ1n) is 7.64. The van der Waals surface area contributed by atoms with Crippen molar-refractivity contribution < 1.29 is 0 Å². The topological polar surface area (TPSA) is 56.1 Å². The van der Waals surface area contributed by atoms with E-state index in [1.807, 2.05) is 12.1 Å². The Hall–Kier alpha value is -2.16. The lowest BCUT2D eigenvalue weighted by atomic mass is 10.1. The van der Waals surface area contributed by atoms with E-state index in [0.29, 0.717) is 17.6 Å². The summed E-state index contributed by atoms with van der Waals surface area (Å²) in [7, 11) is 0. The molecule has 1 aliphatic heterocycles. The molecule has 0 unspecified atom stereocenters. The summed E-state index contributed by atoms with van der Waals surface area (Å²) < 4.78 is 0. The molecule has 1 atom stereocenters. The van der Waals surface area contributed by atoms with Gasteiger partial charge < -0.3 is 4.90 Å². The molecule has 0 aliphatic carbocycles. The largest absolute Gasteiger partial charge is 0.352 e. The van der Waals surface area contributed by atoms with Gasteiger partial charge in [-0.25, -0.2) is 9.97 Å². The molecule has 6 heteroatoms. The van der Waals surface area contributed by atoms with E-state index in [1.54, 1.807) is 12.4 Å². The van der Waals surface area contributed by atoms with Gasteiger partial charge in [0, 0.05) is 49.6 Å². The number of hydrogen-bond acceptors (Lipinski definition) is 5. The molecule has 5 nitrogen and oxygen atoms in total. The Balaban J connectivity index is 1.66. The van der Waals surface area contributed by atoms with Gasteiger partial charge in [-0.2, -0.15) is 5.26 Å². The van der Waals surface area contributed by atoms with Gasteiger partial charge in [-0.1, -0.05) is 23.7 Å². The summed E-state index contributed by atoms with van der Waals surface area (Å²) >= 11 is 5.96. The van der Waals surface area contributed by atoms with Gasteiger partial charge in [-0.15, -0.1) is 0 Å². The molecule has 0 saturated carbocycles. The van der Waals surface area contributed by atoms with E-state index in [9.17, 15) is 0 Å². The van der Waals surface area contributed by atoms with Crippen LogP contribution in [0, 0.1) is 11.3 Å². The molecule has 1 aliphatic rings. The Morgan fingerprint density at radius 3 is 2.39 bits per heavy atom. The average Bonchev–Trinajstić information content (AvgIpc) is 2.62. The van der Waals surface area contributed by atoms with Gasteiger partial charge >= 0.3 is 0 Å². The number of piperazine rings is 1. The summed E-state index contributed by atoms with van der Waals surface area (Å²) in [6, 6.07) is 10.5. The van der Waals surface area contributed by atoms with Crippen LogP contribution in [-0.2, 0) is 0 Å². The van der Waals surface area contributed by atoms with E-state index in [2.05, 4.69) is 44.9 Å². The first-order chi connectivity index (χ1) is 11.2. The minimum absolute atomic E-state index is 0.340. The minimum atomic E-state index is 0.340. The SMILES string of the molecule is C[C@H](c1ccc(Cl)cc1)N1CCN(c2nccnc2C#N)CC1. The van der Waals surface area contributed by atoms with Gasteiger partial charge in [0.15, 0.2) is 11.5 Å². The van der Waals surface area contributed by atoms with Crippen LogP contribution in [0.5, 0.6) is 0 Å². The Morgan fingerprint density at radius 1 is 1.09 bits per heavy atom. The molecular weight excluding hydrogens is 310 g/mol. The zero-order valence-corrected chi connectivity index (χ0v) is 13.7. The van der Waals surface area contributed by atoms with Gasteiger partial charge in [0.2, 0.25) is 0 Å². The Morgan fingerprint density at radius 2 is 1.74 bits per heavy atom. The van der Waals surface area contributed by atoms with E-state index in [4.69, 9.17) is 16.9 Å². The standard InChI is InChI=1S/C17H18ClN5/c1-13(14-2-4-15(18)5-3-14)22-8-10-23(11-9-22)17-16(12-19)20-6-7-21-17/h2-7,13H,8-11H2,1H3/t13-/m1/s1. The number of anilines is 1. The van der Waals surface area contributed by atoms with Crippen molar-refractivity contribution in [1.29, 1.82) is 5.26 Å². The maximum absolute atomic E-state index is 9.16. The molecule has 0 spiro atoms. The quantitative estimate of drug-likeness (QED) is 0.867. The summed E-state index contributed by atoms with van der Waals surface area (Å²) in [5.41, 5.74) is 1.66. The lowest BCUT2D eigenvalue weighted by molar-refractivity contribution is 0.198. The van der Waals surface area contributed by atoms with E-state index < -0.39 is 0 Å². The molecule has 1 aromatic heterocycles. The molecule has 0 N–H and O–H groups in total. The average molecular weight is 328 g/mol. The van der Waals surface area contributed by atoms with Crippen LogP contribution in [-0.4, -0.2) is 41.0 Å². The van der Waals surface area contributed by atoms with Crippen LogP contribution in [0.1, 0.15) is 24.2 Å². The van der Waals surface area contributed by atoms with Crippen molar-refractivity contribution in [2.75, 3.05) is 31.1 Å². The Labute approximate surface area is 141 Å². The van der Waals surface area contributed by atoms with Crippen molar-refractivity contribution in [3.63, 3.8) is 0 Å². The maximum Gasteiger partial charge on any atom is 0.183 e. The number of nitrogens with zero attached hydrogens (tertiary/aromatic N) is 5. The van der Waals surface area contributed by atoms with Crippen LogP contribution in [0.2, 0.25) is 5.02 Å². The minimum Gasteiger partial charge on any atom is -0.352 e. The van der Waals surface area contributed by atoms with Crippen molar-refractivity contribution >= 4 is 17.4 Å². The number of halogens is 1. The van der Waals surface area contributed by atoms with Gasteiger partial charge in [-0.05, 0) is 24.6 Å². The third-order valence-corrected chi connectivity index (χ3v) is 4.55. The van der Waals surface area contributed by atoms with Gasteiger partial charge in [0.25, 0.3) is 0 Å². The van der Waals surface area contributed by atoms with E-state index in [0.717, 1.165) is 31.2 Å². The highest BCUT2D eigenvalue weighted by molar-refractivity contribution is 6.30. The monoisotopic (exact) mass is 327 g/mol. The van der Waals surface area contributed by atoms with Crippen molar-refractivity contribution in [2.45, 2.75) is 13.0 Å². The molecule has 3 rings (SSSR count). The summed E-state index contributed by atoms with van der Waals surface area (Å²) in [6.45, 7) is 5.73. The molecule has 1 fully saturated rings. The van der Waals surface area contributed by atoms with Crippen LogP contribution < -0.4 is 4.90 Å².